The lowest BCUT2D eigenvalue weighted by Crippen LogP contribution is -2.42. The molecule has 1 atom stereocenters. The van der Waals surface area contributed by atoms with Gasteiger partial charge in [-0.05, 0) is 36.5 Å². The number of nitrogens with zero attached hydrogens (tertiary/aromatic N) is 1. The molecule has 0 fully saturated rings. The van der Waals surface area contributed by atoms with Crippen LogP contribution < -0.4 is 5.32 Å². The van der Waals surface area contributed by atoms with E-state index in [1.807, 2.05) is 50.4 Å². The van der Waals surface area contributed by atoms with Gasteiger partial charge >= 0.3 is 5.97 Å². The third-order valence-electron chi connectivity index (χ3n) is 3.97. The summed E-state index contributed by atoms with van der Waals surface area (Å²) in [4.78, 5) is 29.5. The lowest BCUT2D eigenvalue weighted by Gasteiger charge is -2.17. The molecule has 2 aromatic rings. The lowest BCUT2D eigenvalue weighted by atomic mass is 10.0. The minimum atomic E-state index is -0.653. The van der Waals surface area contributed by atoms with Crippen LogP contribution in [0.25, 0.3) is 10.9 Å². The first-order valence-corrected chi connectivity index (χ1v) is 9.64. The molecular formula is C19H24N2O3S. The number of benzene rings is 1. The van der Waals surface area contributed by atoms with Crippen LogP contribution >= 0.6 is 11.8 Å². The fourth-order valence-electron chi connectivity index (χ4n) is 2.54. The van der Waals surface area contributed by atoms with E-state index in [2.05, 4.69) is 10.3 Å². The Morgan fingerprint density at radius 2 is 2.00 bits per heavy atom. The van der Waals surface area contributed by atoms with E-state index in [1.54, 1.807) is 11.8 Å². The summed E-state index contributed by atoms with van der Waals surface area (Å²) >= 11 is 1.62. The molecule has 1 N–H and O–H groups in total. The summed E-state index contributed by atoms with van der Waals surface area (Å²) in [7, 11) is 1.33. The van der Waals surface area contributed by atoms with Gasteiger partial charge in [-0.1, -0.05) is 32.0 Å². The first-order chi connectivity index (χ1) is 12.0. The molecule has 0 saturated carbocycles. The van der Waals surface area contributed by atoms with Crippen LogP contribution in [0.1, 0.15) is 42.2 Å². The summed E-state index contributed by atoms with van der Waals surface area (Å²) in [5.74, 6) is 0.250. The molecule has 25 heavy (non-hydrogen) atoms. The maximum Gasteiger partial charge on any atom is 0.328 e. The molecule has 1 unspecified atom stereocenters. The van der Waals surface area contributed by atoms with Crippen LogP contribution in [-0.4, -0.2) is 42.0 Å². The van der Waals surface area contributed by atoms with Gasteiger partial charge in [-0.3, -0.25) is 9.78 Å². The normalized spacial score (nSPS) is 12.2. The van der Waals surface area contributed by atoms with Gasteiger partial charge in [-0.2, -0.15) is 11.8 Å². The number of nitrogens with one attached hydrogen (secondary N) is 1. The van der Waals surface area contributed by atoms with Crippen LogP contribution in [0.3, 0.4) is 0 Å². The van der Waals surface area contributed by atoms with Crippen LogP contribution in [0.15, 0.2) is 30.3 Å². The standard InChI is InChI=1S/C19H24N2O3S/c1-12(2)17-11-14(13-7-5-6-8-15(13)20-17)18(22)21-16(9-10-25-4)19(23)24-3/h5-8,11-12,16H,9-10H2,1-4H3,(H,21,22). The van der Waals surface area contributed by atoms with E-state index in [1.165, 1.54) is 7.11 Å². The van der Waals surface area contributed by atoms with Crippen molar-refractivity contribution in [3.05, 3.63) is 41.6 Å². The summed E-state index contributed by atoms with van der Waals surface area (Å²) in [6, 6.07) is 8.70. The van der Waals surface area contributed by atoms with Crippen molar-refractivity contribution in [1.82, 2.24) is 10.3 Å². The molecule has 1 aromatic heterocycles. The van der Waals surface area contributed by atoms with Gasteiger partial charge in [0.2, 0.25) is 0 Å². The number of aromatic nitrogens is 1. The van der Waals surface area contributed by atoms with Crippen molar-refractivity contribution < 1.29 is 14.3 Å². The molecular weight excluding hydrogens is 336 g/mol. The molecule has 2 rings (SSSR count). The predicted octanol–water partition coefficient (Wildman–Crippen LogP) is 3.38. The molecule has 0 bridgehead atoms. The molecule has 1 aromatic carbocycles. The largest absolute Gasteiger partial charge is 0.467 e. The highest BCUT2D eigenvalue weighted by Gasteiger charge is 2.23. The molecule has 134 valence electrons. The van der Waals surface area contributed by atoms with Gasteiger partial charge in [0.05, 0.1) is 18.2 Å². The molecule has 0 aliphatic carbocycles. The molecule has 0 aliphatic heterocycles. The van der Waals surface area contributed by atoms with Gasteiger partial charge in [-0.15, -0.1) is 0 Å². The molecule has 6 heteroatoms. The average molecular weight is 360 g/mol. The zero-order chi connectivity index (χ0) is 18.4. The highest BCUT2D eigenvalue weighted by molar-refractivity contribution is 7.98. The van der Waals surface area contributed by atoms with Gasteiger partial charge in [-0.25, -0.2) is 4.79 Å². The number of carbonyl (C=O) groups is 2. The maximum atomic E-state index is 12.9. The van der Waals surface area contributed by atoms with E-state index in [-0.39, 0.29) is 11.8 Å². The molecule has 1 heterocycles. The van der Waals surface area contributed by atoms with Gasteiger partial charge < -0.3 is 10.1 Å². The number of hydrogen-bond donors (Lipinski definition) is 1. The van der Waals surface area contributed by atoms with Gasteiger partial charge in [0.15, 0.2) is 0 Å². The number of rotatable bonds is 7. The second-order valence-corrected chi connectivity index (χ2v) is 7.08. The number of fused-ring (bicyclic) bond motifs is 1. The summed E-state index contributed by atoms with van der Waals surface area (Å²) in [5.41, 5.74) is 2.16. The number of amides is 1. The van der Waals surface area contributed by atoms with Crippen molar-refractivity contribution in [2.24, 2.45) is 0 Å². The van der Waals surface area contributed by atoms with E-state index < -0.39 is 12.0 Å². The van der Waals surface area contributed by atoms with Crippen molar-refractivity contribution in [3.8, 4) is 0 Å². The van der Waals surface area contributed by atoms with E-state index in [0.717, 1.165) is 22.3 Å². The van der Waals surface area contributed by atoms with Crippen LogP contribution in [0, 0.1) is 0 Å². The maximum absolute atomic E-state index is 12.9. The third kappa shape index (κ3) is 4.72. The predicted molar refractivity (Wildman–Crippen MR) is 102 cm³/mol. The molecule has 0 radical (unpaired) electrons. The van der Waals surface area contributed by atoms with Crippen molar-refractivity contribution in [3.63, 3.8) is 0 Å². The molecule has 0 aliphatic rings. The number of carbonyl (C=O) groups excluding carboxylic acids is 2. The Kier molecular flexibility index (Phi) is 6.82. The minimum Gasteiger partial charge on any atom is -0.467 e. The SMILES string of the molecule is COC(=O)C(CCSC)NC(=O)c1cc(C(C)C)nc2ccccc12. The van der Waals surface area contributed by atoms with E-state index in [9.17, 15) is 9.59 Å². The highest BCUT2D eigenvalue weighted by Crippen LogP contribution is 2.22. The van der Waals surface area contributed by atoms with Gasteiger partial charge in [0.1, 0.15) is 6.04 Å². The fraction of sp³-hybridized carbons (Fsp3) is 0.421. The molecule has 5 nitrogen and oxygen atoms in total. The zero-order valence-corrected chi connectivity index (χ0v) is 15.9. The Morgan fingerprint density at radius 1 is 1.28 bits per heavy atom. The molecule has 1 amide bonds. The first kappa shape index (κ1) is 19.2. The zero-order valence-electron chi connectivity index (χ0n) is 15.0. The Labute approximate surface area is 152 Å². The van der Waals surface area contributed by atoms with Crippen LogP contribution in [-0.2, 0) is 9.53 Å². The van der Waals surface area contributed by atoms with Crippen LogP contribution in [0.5, 0.6) is 0 Å². The Morgan fingerprint density at radius 3 is 2.64 bits per heavy atom. The number of pyridine rings is 1. The Hall–Kier alpha value is -2.08. The first-order valence-electron chi connectivity index (χ1n) is 8.25. The second kappa shape index (κ2) is 8.85. The van der Waals surface area contributed by atoms with E-state index >= 15 is 0 Å². The topological polar surface area (TPSA) is 68.3 Å². The van der Waals surface area contributed by atoms with E-state index in [0.29, 0.717) is 12.0 Å². The number of esters is 1. The van der Waals surface area contributed by atoms with E-state index in [4.69, 9.17) is 4.74 Å². The van der Waals surface area contributed by atoms with Gasteiger partial charge in [0, 0.05) is 11.1 Å². The number of hydrogen-bond acceptors (Lipinski definition) is 5. The highest BCUT2D eigenvalue weighted by atomic mass is 32.2. The quantitative estimate of drug-likeness (QED) is 0.767. The number of para-hydroxylation sites is 1. The van der Waals surface area contributed by atoms with Crippen molar-refractivity contribution >= 4 is 34.5 Å². The van der Waals surface area contributed by atoms with Crippen molar-refractivity contribution in [2.45, 2.75) is 32.2 Å². The smallest absolute Gasteiger partial charge is 0.328 e. The summed E-state index contributed by atoms with van der Waals surface area (Å²) in [5, 5.41) is 3.60. The molecule has 0 spiro atoms. The fourth-order valence-corrected chi connectivity index (χ4v) is 3.01. The summed E-state index contributed by atoms with van der Waals surface area (Å²) in [6.07, 6.45) is 2.49. The number of ether oxygens (including phenoxy) is 1. The van der Waals surface area contributed by atoms with Gasteiger partial charge in [0.25, 0.3) is 5.91 Å². The van der Waals surface area contributed by atoms with Crippen LogP contribution in [0.2, 0.25) is 0 Å². The Bertz CT molecular complexity index is 761. The number of thioether (sulfide) groups is 1. The van der Waals surface area contributed by atoms with Crippen LogP contribution in [0.4, 0.5) is 0 Å². The Balaban J connectivity index is 2.38. The number of methoxy groups -OCH3 is 1. The summed E-state index contributed by atoms with van der Waals surface area (Å²) in [6.45, 7) is 4.07. The monoisotopic (exact) mass is 360 g/mol. The summed E-state index contributed by atoms with van der Waals surface area (Å²) < 4.78 is 4.82. The van der Waals surface area contributed by atoms with Crippen molar-refractivity contribution in [2.75, 3.05) is 19.1 Å². The minimum absolute atomic E-state index is 0.198. The lowest BCUT2D eigenvalue weighted by molar-refractivity contribution is -0.142. The average Bonchev–Trinajstić information content (AvgIpc) is 2.63. The van der Waals surface area contributed by atoms with Crippen molar-refractivity contribution in [1.29, 1.82) is 0 Å². The third-order valence-corrected chi connectivity index (χ3v) is 4.62. The molecule has 0 saturated heterocycles. The second-order valence-electron chi connectivity index (χ2n) is 6.10.